The first-order valence-corrected chi connectivity index (χ1v) is 7.32. The fourth-order valence-corrected chi connectivity index (χ4v) is 1.80. The van der Waals surface area contributed by atoms with Gasteiger partial charge in [-0.3, -0.25) is 9.78 Å². The van der Waals surface area contributed by atoms with E-state index in [-0.39, 0.29) is 12.5 Å². The molecule has 6 heteroatoms. The summed E-state index contributed by atoms with van der Waals surface area (Å²) in [7, 11) is 1.30. The highest BCUT2D eigenvalue weighted by molar-refractivity contribution is 5.91. The van der Waals surface area contributed by atoms with E-state index in [1.807, 2.05) is 12.1 Å². The molecule has 0 fully saturated rings. The zero-order valence-electron chi connectivity index (χ0n) is 13.3. The number of aromatic nitrogens is 1. The lowest BCUT2D eigenvalue weighted by atomic mass is 10.2. The zero-order chi connectivity index (χ0) is 17.2. The Morgan fingerprint density at radius 2 is 2.00 bits per heavy atom. The quantitative estimate of drug-likeness (QED) is 0.622. The van der Waals surface area contributed by atoms with Crippen molar-refractivity contribution >= 4 is 18.0 Å². The van der Waals surface area contributed by atoms with Gasteiger partial charge in [0, 0.05) is 25.0 Å². The zero-order valence-corrected chi connectivity index (χ0v) is 13.3. The van der Waals surface area contributed by atoms with Gasteiger partial charge >= 0.3 is 5.97 Å². The fraction of sp³-hybridized carbons (Fsp3) is 0.167. The highest BCUT2D eigenvalue weighted by atomic mass is 16.6. The summed E-state index contributed by atoms with van der Waals surface area (Å²) in [5.41, 5.74) is 1.78. The van der Waals surface area contributed by atoms with Crippen LogP contribution >= 0.6 is 0 Å². The molecule has 0 aliphatic rings. The maximum absolute atomic E-state index is 11.8. The Morgan fingerprint density at radius 1 is 1.21 bits per heavy atom. The number of carbonyl (C=O) groups is 2. The SMILES string of the molecule is COC(=O)COc1ccc(C=CC(=O)NCc2cccnc2)cc1. The van der Waals surface area contributed by atoms with E-state index in [4.69, 9.17) is 4.74 Å². The second kappa shape index (κ2) is 9.09. The first-order valence-electron chi connectivity index (χ1n) is 7.32. The molecule has 0 saturated carbocycles. The average Bonchev–Trinajstić information content (AvgIpc) is 2.64. The van der Waals surface area contributed by atoms with Crippen LogP contribution in [0.3, 0.4) is 0 Å². The molecular formula is C18H18N2O4. The number of benzene rings is 1. The van der Waals surface area contributed by atoms with Crippen LogP contribution < -0.4 is 10.1 Å². The third kappa shape index (κ3) is 5.92. The molecule has 0 aliphatic heterocycles. The molecule has 24 heavy (non-hydrogen) atoms. The smallest absolute Gasteiger partial charge is 0.343 e. The summed E-state index contributed by atoms with van der Waals surface area (Å²) in [6, 6.07) is 10.7. The molecule has 0 aliphatic carbocycles. The van der Waals surface area contributed by atoms with Crippen molar-refractivity contribution in [3.05, 3.63) is 66.0 Å². The van der Waals surface area contributed by atoms with Crippen LogP contribution in [-0.4, -0.2) is 30.6 Å². The number of esters is 1. The number of nitrogens with zero attached hydrogens (tertiary/aromatic N) is 1. The second-order valence-corrected chi connectivity index (χ2v) is 4.85. The molecule has 2 aromatic rings. The summed E-state index contributed by atoms with van der Waals surface area (Å²) in [6.07, 6.45) is 6.55. The molecular weight excluding hydrogens is 308 g/mol. The Morgan fingerprint density at radius 3 is 2.67 bits per heavy atom. The number of hydrogen-bond donors (Lipinski definition) is 1. The van der Waals surface area contributed by atoms with Crippen LogP contribution in [0.4, 0.5) is 0 Å². The van der Waals surface area contributed by atoms with E-state index in [2.05, 4.69) is 15.0 Å². The Balaban J connectivity index is 1.80. The number of ether oxygens (including phenoxy) is 2. The molecule has 124 valence electrons. The minimum atomic E-state index is -0.441. The topological polar surface area (TPSA) is 77.5 Å². The van der Waals surface area contributed by atoms with Gasteiger partial charge < -0.3 is 14.8 Å². The summed E-state index contributed by atoms with van der Waals surface area (Å²) in [6.45, 7) is 0.291. The lowest BCUT2D eigenvalue weighted by molar-refractivity contribution is -0.142. The van der Waals surface area contributed by atoms with Crippen molar-refractivity contribution in [3.63, 3.8) is 0 Å². The minimum absolute atomic E-state index is 0.136. The van der Waals surface area contributed by atoms with Gasteiger partial charge in [-0.2, -0.15) is 0 Å². The largest absolute Gasteiger partial charge is 0.482 e. The Labute approximate surface area is 140 Å². The summed E-state index contributed by atoms with van der Waals surface area (Å²) in [4.78, 5) is 26.7. The van der Waals surface area contributed by atoms with Crippen molar-refractivity contribution in [3.8, 4) is 5.75 Å². The van der Waals surface area contributed by atoms with Gasteiger partial charge in [0.25, 0.3) is 0 Å². The van der Waals surface area contributed by atoms with Crippen molar-refractivity contribution in [2.75, 3.05) is 13.7 Å². The van der Waals surface area contributed by atoms with Crippen LogP contribution in [0.25, 0.3) is 6.08 Å². The van der Waals surface area contributed by atoms with Crippen LogP contribution in [0.5, 0.6) is 5.75 Å². The highest BCUT2D eigenvalue weighted by Crippen LogP contribution is 2.13. The molecule has 0 spiro atoms. The predicted molar refractivity (Wildman–Crippen MR) is 89.1 cm³/mol. The fourth-order valence-electron chi connectivity index (χ4n) is 1.80. The molecule has 0 bridgehead atoms. The summed E-state index contributed by atoms with van der Waals surface area (Å²) in [5.74, 6) is -0.0762. The van der Waals surface area contributed by atoms with Crippen molar-refractivity contribution in [1.29, 1.82) is 0 Å². The van der Waals surface area contributed by atoms with E-state index in [1.165, 1.54) is 13.2 Å². The lowest BCUT2D eigenvalue weighted by Crippen LogP contribution is -2.20. The van der Waals surface area contributed by atoms with Gasteiger partial charge in [-0.15, -0.1) is 0 Å². The Hall–Kier alpha value is -3.15. The third-order valence-corrected chi connectivity index (χ3v) is 3.08. The first-order chi connectivity index (χ1) is 11.7. The molecule has 1 N–H and O–H groups in total. The predicted octanol–water partition coefficient (Wildman–Crippen LogP) is 1.96. The summed E-state index contributed by atoms with van der Waals surface area (Å²) < 4.78 is 9.74. The van der Waals surface area contributed by atoms with Gasteiger partial charge in [-0.05, 0) is 35.4 Å². The maximum Gasteiger partial charge on any atom is 0.343 e. The lowest BCUT2D eigenvalue weighted by Gasteiger charge is -2.04. The van der Waals surface area contributed by atoms with Crippen LogP contribution in [0.2, 0.25) is 0 Å². The number of rotatable bonds is 7. The number of pyridine rings is 1. The first kappa shape index (κ1) is 17.2. The number of amides is 1. The maximum atomic E-state index is 11.8. The van der Waals surface area contributed by atoms with Gasteiger partial charge in [-0.1, -0.05) is 18.2 Å². The van der Waals surface area contributed by atoms with Gasteiger partial charge in [0.05, 0.1) is 7.11 Å². The van der Waals surface area contributed by atoms with E-state index >= 15 is 0 Å². The molecule has 0 saturated heterocycles. The molecule has 0 unspecified atom stereocenters. The molecule has 1 amide bonds. The van der Waals surface area contributed by atoms with Crippen LogP contribution in [-0.2, 0) is 20.9 Å². The molecule has 0 radical (unpaired) electrons. The van der Waals surface area contributed by atoms with E-state index < -0.39 is 5.97 Å². The van der Waals surface area contributed by atoms with Crippen LogP contribution in [0.15, 0.2) is 54.9 Å². The van der Waals surface area contributed by atoms with Crippen molar-refractivity contribution < 1.29 is 19.1 Å². The number of carbonyl (C=O) groups excluding carboxylic acids is 2. The summed E-state index contributed by atoms with van der Waals surface area (Å²) >= 11 is 0. The van der Waals surface area contributed by atoms with E-state index in [1.54, 1.807) is 42.7 Å². The van der Waals surface area contributed by atoms with Crippen molar-refractivity contribution in [2.24, 2.45) is 0 Å². The highest BCUT2D eigenvalue weighted by Gasteiger charge is 2.01. The van der Waals surface area contributed by atoms with Gasteiger partial charge in [-0.25, -0.2) is 4.79 Å². The normalized spacial score (nSPS) is 10.4. The second-order valence-electron chi connectivity index (χ2n) is 4.85. The summed E-state index contributed by atoms with van der Waals surface area (Å²) in [5, 5.41) is 2.78. The van der Waals surface area contributed by atoms with Crippen molar-refractivity contribution in [1.82, 2.24) is 10.3 Å². The Bertz CT molecular complexity index is 697. The Kier molecular flexibility index (Phi) is 6.52. The molecule has 6 nitrogen and oxygen atoms in total. The van der Waals surface area contributed by atoms with Gasteiger partial charge in [0.2, 0.25) is 5.91 Å². The van der Waals surface area contributed by atoms with E-state index in [9.17, 15) is 9.59 Å². The van der Waals surface area contributed by atoms with Crippen LogP contribution in [0, 0.1) is 0 Å². The number of nitrogens with one attached hydrogen (secondary N) is 1. The molecule has 1 heterocycles. The minimum Gasteiger partial charge on any atom is -0.482 e. The molecule has 1 aromatic heterocycles. The monoisotopic (exact) mass is 326 g/mol. The van der Waals surface area contributed by atoms with E-state index in [0.29, 0.717) is 12.3 Å². The number of hydrogen-bond acceptors (Lipinski definition) is 5. The van der Waals surface area contributed by atoms with E-state index in [0.717, 1.165) is 11.1 Å². The number of methoxy groups -OCH3 is 1. The van der Waals surface area contributed by atoms with Gasteiger partial charge in [0.15, 0.2) is 6.61 Å². The van der Waals surface area contributed by atoms with Crippen molar-refractivity contribution in [2.45, 2.75) is 6.54 Å². The standard InChI is InChI=1S/C18H18N2O4/c1-23-18(22)13-24-16-7-4-14(5-8-16)6-9-17(21)20-12-15-3-2-10-19-11-15/h2-11H,12-13H2,1H3,(H,20,21). The molecule has 0 atom stereocenters. The molecule has 1 aromatic carbocycles. The third-order valence-electron chi connectivity index (χ3n) is 3.08. The average molecular weight is 326 g/mol. The molecule has 2 rings (SSSR count). The van der Waals surface area contributed by atoms with Gasteiger partial charge in [0.1, 0.15) is 5.75 Å². The van der Waals surface area contributed by atoms with Crippen LogP contribution in [0.1, 0.15) is 11.1 Å².